The minimum Gasteiger partial charge on any atom is -0.483 e. The van der Waals surface area contributed by atoms with Gasteiger partial charge in [-0.05, 0) is 90.1 Å². The monoisotopic (exact) mass is 726 g/mol. The van der Waals surface area contributed by atoms with Gasteiger partial charge in [-0.1, -0.05) is 55.6 Å². The minimum atomic E-state index is -0.340. The molecule has 1 aliphatic rings. The molecule has 12 heteroatoms. The quantitative estimate of drug-likeness (QED) is 0.107. The molecule has 8 nitrogen and oxygen atoms in total. The molecule has 1 aromatic heterocycles. The van der Waals surface area contributed by atoms with Crippen LogP contribution in [0.2, 0.25) is 5.02 Å². The lowest BCUT2D eigenvalue weighted by Gasteiger charge is -2.13. The van der Waals surface area contributed by atoms with Gasteiger partial charge in [0.2, 0.25) is 0 Å². The highest BCUT2D eigenvalue weighted by atomic mass is 79.9. The number of carbonyl (C=O) groups is 2. The summed E-state index contributed by atoms with van der Waals surface area (Å²) in [6, 6.07) is 23.3. The van der Waals surface area contributed by atoms with E-state index in [4.69, 9.17) is 20.8 Å². The number of nitrogens with zero attached hydrogens (tertiary/aromatic N) is 3. The van der Waals surface area contributed by atoms with E-state index in [1.165, 1.54) is 16.7 Å². The molecule has 1 aliphatic heterocycles. The van der Waals surface area contributed by atoms with Gasteiger partial charge in [0.1, 0.15) is 11.5 Å². The summed E-state index contributed by atoms with van der Waals surface area (Å²) in [4.78, 5) is 28.0. The van der Waals surface area contributed by atoms with Crippen LogP contribution in [-0.4, -0.2) is 34.7 Å². The van der Waals surface area contributed by atoms with Crippen molar-refractivity contribution in [1.82, 2.24) is 4.90 Å². The van der Waals surface area contributed by atoms with Crippen LogP contribution < -0.4 is 10.1 Å². The van der Waals surface area contributed by atoms with Crippen LogP contribution in [-0.2, 0) is 16.1 Å². The van der Waals surface area contributed by atoms with Crippen LogP contribution in [0, 0.1) is 0 Å². The molecule has 0 atom stereocenters. The second-order valence-corrected chi connectivity index (χ2v) is 12.1. The number of halogens is 3. The highest BCUT2D eigenvalue weighted by molar-refractivity contribution is 9.10. The fourth-order valence-electron chi connectivity index (χ4n) is 3.79. The normalized spacial score (nSPS) is 15.2. The van der Waals surface area contributed by atoms with E-state index in [0.29, 0.717) is 37.9 Å². The summed E-state index contributed by atoms with van der Waals surface area (Å²) in [5.41, 5.74) is 2.06. The van der Waals surface area contributed by atoms with Crippen molar-refractivity contribution >= 4 is 90.2 Å². The number of amides is 2. The molecule has 1 saturated heterocycles. The first-order valence-corrected chi connectivity index (χ1v) is 15.2. The summed E-state index contributed by atoms with van der Waals surface area (Å²) in [7, 11) is 0. The number of thioether (sulfide) groups is 1. The first-order chi connectivity index (χ1) is 20.3. The topological polar surface area (TPSA) is 96.5 Å². The zero-order valence-electron chi connectivity index (χ0n) is 21.7. The van der Waals surface area contributed by atoms with Gasteiger partial charge in [0.05, 0.1) is 23.9 Å². The van der Waals surface area contributed by atoms with E-state index in [-0.39, 0.29) is 25.0 Å². The lowest BCUT2D eigenvalue weighted by molar-refractivity contribution is -0.122. The number of anilines is 1. The molecular formula is C30H21Br2ClN4O4S. The van der Waals surface area contributed by atoms with E-state index >= 15 is 0 Å². The van der Waals surface area contributed by atoms with Crippen molar-refractivity contribution in [3.05, 3.63) is 121 Å². The van der Waals surface area contributed by atoms with Crippen molar-refractivity contribution in [3.63, 3.8) is 0 Å². The maximum Gasteiger partial charge on any atom is 0.267 e. The molecule has 4 aromatic rings. The third-order valence-electron chi connectivity index (χ3n) is 5.73. The van der Waals surface area contributed by atoms with E-state index in [2.05, 4.69) is 47.4 Å². The van der Waals surface area contributed by atoms with E-state index in [1.54, 1.807) is 67.1 Å². The highest BCUT2D eigenvalue weighted by Gasteiger charge is 2.34. The highest BCUT2D eigenvalue weighted by Crippen LogP contribution is 2.36. The van der Waals surface area contributed by atoms with Crippen LogP contribution in [0.15, 0.2) is 114 Å². The smallest absolute Gasteiger partial charge is 0.267 e. The first kappa shape index (κ1) is 29.8. The molecular weight excluding hydrogens is 708 g/mol. The third-order valence-corrected chi connectivity index (χ3v) is 7.96. The molecule has 0 aliphatic carbocycles. The van der Waals surface area contributed by atoms with Crippen LogP contribution in [0.25, 0.3) is 6.08 Å². The number of hydrogen-bond acceptors (Lipinski definition) is 7. The molecule has 1 N–H and O–H groups in total. The summed E-state index contributed by atoms with van der Waals surface area (Å²) < 4.78 is 13.0. The number of ether oxygens (including phenoxy) is 1. The summed E-state index contributed by atoms with van der Waals surface area (Å²) in [6.07, 6.45) is 4.88. The van der Waals surface area contributed by atoms with Crippen molar-refractivity contribution < 1.29 is 18.7 Å². The molecule has 0 bridgehead atoms. The average Bonchev–Trinajstić information content (AvgIpc) is 3.58. The van der Waals surface area contributed by atoms with Crippen molar-refractivity contribution in [1.29, 1.82) is 0 Å². The Hall–Kier alpha value is -3.64. The van der Waals surface area contributed by atoms with Crippen molar-refractivity contribution in [2.24, 2.45) is 10.2 Å². The van der Waals surface area contributed by atoms with Gasteiger partial charge >= 0.3 is 0 Å². The number of carbonyl (C=O) groups excluding carboxylic acids is 2. The van der Waals surface area contributed by atoms with Gasteiger partial charge in [0.25, 0.3) is 11.8 Å². The van der Waals surface area contributed by atoms with Gasteiger partial charge in [-0.2, -0.15) is 5.10 Å². The van der Waals surface area contributed by atoms with Crippen molar-refractivity contribution in [3.8, 4) is 5.75 Å². The maximum atomic E-state index is 13.5. The zero-order chi connectivity index (χ0) is 29.5. The Balaban J connectivity index is 1.36. The summed E-state index contributed by atoms with van der Waals surface area (Å²) in [6.45, 7) is -0.0444. The van der Waals surface area contributed by atoms with Gasteiger partial charge in [-0.15, -0.1) is 5.10 Å². The van der Waals surface area contributed by atoms with E-state index in [1.807, 2.05) is 30.3 Å². The number of nitrogens with one attached hydrogen (secondary N) is 1. The van der Waals surface area contributed by atoms with Crippen molar-refractivity contribution in [2.45, 2.75) is 6.54 Å². The maximum absolute atomic E-state index is 13.5. The molecule has 3 aromatic carbocycles. The molecule has 0 saturated carbocycles. The lowest BCUT2D eigenvalue weighted by atomic mass is 10.2. The Morgan fingerprint density at radius 2 is 1.86 bits per heavy atom. The van der Waals surface area contributed by atoms with Gasteiger partial charge in [-0.3, -0.25) is 14.5 Å². The Labute approximate surface area is 267 Å². The Kier molecular flexibility index (Phi) is 9.96. The second-order valence-electron chi connectivity index (χ2n) is 8.79. The standard InChI is InChI=1S/C30H21Br2ClN4O4S/c31-21-4-1-3-19(13-21)16-34-36-30-37(17-25-5-2-12-40-25)29(39)27(42-30)15-20-14-22(32)6-11-26(20)41-18-28(38)35-24-9-7-23(33)8-10-24/h1-16H,17-18H2,(H,35,38)/b27-15-,34-16+,36-30-. The van der Waals surface area contributed by atoms with E-state index in [9.17, 15) is 9.59 Å². The predicted octanol–water partition coefficient (Wildman–Crippen LogP) is 7.98. The molecule has 42 heavy (non-hydrogen) atoms. The molecule has 0 radical (unpaired) electrons. The number of amidine groups is 1. The van der Waals surface area contributed by atoms with Crippen LogP contribution >= 0.6 is 55.2 Å². The predicted molar refractivity (Wildman–Crippen MR) is 174 cm³/mol. The molecule has 5 rings (SSSR count). The SMILES string of the molecule is O=C(COc1ccc(Br)cc1/C=C1\S/C(=N\N=C\c2cccc(Br)c2)N(Cc2ccco2)C1=O)Nc1ccc(Cl)cc1. The lowest BCUT2D eigenvalue weighted by Crippen LogP contribution is -2.28. The third kappa shape index (κ3) is 8.01. The van der Waals surface area contributed by atoms with Gasteiger partial charge in [0, 0.05) is 25.2 Å². The zero-order valence-corrected chi connectivity index (χ0v) is 26.4. The van der Waals surface area contributed by atoms with Crippen LogP contribution in [0.1, 0.15) is 16.9 Å². The minimum absolute atomic E-state index is 0.189. The van der Waals surface area contributed by atoms with Crippen LogP contribution in [0.5, 0.6) is 5.75 Å². The molecule has 2 heterocycles. The van der Waals surface area contributed by atoms with Gasteiger partial charge in [-0.25, -0.2) is 0 Å². The van der Waals surface area contributed by atoms with Crippen LogP contribution in [0.3, 0.4) is 0 Å². The number of hydrogen-bond donors (Lipinski definition) is 1. The fourth-order valence-corrected chi connectivity index (χ4v) is 5.64. The average molecular weight is 729 g/mol. The number of benzene rings is 3. The Morgan fingerprint density at radius 1 is 1.05 bits per heavy atom. The van der Waals surface area contributed by atoms with Crippen LogP contribution in [0.4, 0.5) is 5.69 Å². The largest absolute Gasteiger partial charge is 0.483 e. The van der Waals surface area contributed by atoms with Crippen molar-refractivity contribution in [2.75, 3.05) is 11.9 Å². The van der Waals surface area contributed by atoms with Gasteiger partial charge in [0.15, 0.2) is 11.8 Å². The fraction of sp³-hybridized carbons (Fsp3) is 0.0667. The second kappa shape index (κ2) is 14.0. The van der Waals surface area contributed by atoms with E-state index in [0.717, 1.165) is 14.5 Å². The molecule has 212 valence electrons. The van der Waals surface area contributed by atoms with E-state index < -0.39 is 0 Å². The number of furan rings is 1. The molecule has 0 spiro atoms. The number of rotatable bonds is 9. The summed E-state index contributed by atoms with van der Waals surface area (Å²) >= 11 is 14.0. The Morgan fingerprint density at radius 3 is 2.62 bits per heavy atom. The Bertz CT molecular complexity index is 1690. The first-order valence-electron chi connectivity index (χ1n) is 12.4. The summed E-state index contributed by atoms with van der Waals surface area (Å²) in [5, 5.41) is 12.3. The molecule has 0 unspecified atom stereocenters. The van der Waals surface area contributed by atoms with Gasteiger partial charge < -0.3 is 14.5 Å². The summed E-state index contributed by atoms with van der Waals surface area (Å²) in [5.74, 6) is 0.430. The molecule has 1 fully saturated rings. The molecule has 2 amide bonds.